The van der Waals surface area contributed by atoms with Crippen LogP contribution in [0.15, 0.2) is 59.4 Å². The van der Waals surface area contributed by atoms with Crippen LogP contribution in [-0.4, -0.2) is 10.1 Å². The summed E-state index contributed by atoms with van der Waals surface area (Å²) in [4.78, 5) is 11.7. The number of para-hydroxylation sites is 1. The largest absolute Gasteiger partial charge is 0.356 e. The van der Waals surface area contributed by atoms with Crippen LogP contribution in [0.3, 0.4) is 0 Å². The Balaban J connectivity index is 1.76. The number of rotatable bonds is 5. The first kappa shape index (κ1) is 15.1. The van der Waals surface area contributed by atoms with Gasteiger partial charge in [-0.3, -0.25) is 9.17 Å². The van der Waals surface area contributed by atoms with Crippen molar-refractivity contribution in [3.05, 3.63) is 70.5 Å². The van der Waals surface area contributed by atoms with Gasteiger partial charge in [-0.2, -0.15) is 0 Å². The first-order valence-electron chi connectivity index (χ1n) is 7.09. The molecule has 0 unspecified atom stereocenters. The summed E-state index contributed by atoms with van der Waals surface area (Å²) >= 11 is 1.20. The van der Waals surface area contributed by atoms with Gasteiger partial charge in [0.1, 0.15) is 5.00 Å². The lowest BCUT2D eigenvalue weighted by atomic mass is 10.2. The van der Waals surface area contributed by atoms with E-state index in [9.17, 15) is 4.79 Å². The van der Waals surface area contributed by atoms with E-state index in [1.165, 1.54) is 11.5 Å². The van der Waals surface area contributed by atoms with Crippen LogP contribution in [0.4, 0.5) is 22.1 Å². The molecular formula is C17H16N4OS. The average molecular weight is 324 g/mol. The molecule has 0 aliphatic heterocycles. The zero-order valence-electron chi connectivity index (χ0n) is 12.5. The third kappa shape index (κ3) is 3.49. The number of hydrogen-bond acceptors (Lipinski definition) is 5. The summed E-state index contributed by atoms with van der Waals surface area (Å²) in [6, 6.07) is 17.7. The quantitative estimate of drug-likeness (QED) is 0.528. The van der Waals surface area contributed by atoms with E-state index in [0.717, 1.165) is 17.1 Å². The summed E-state index contributed by atoms with van der Waals surface area (Å²) in [6.07, 6.45) is 0. The van der Waals surface area contributed by atoms with Crippen LogP contribution >= 0.6 is 11.5 Å². The van der Waals surface area contributed by atoms with E-state index >= 15 is 0 Å². The van der Waals surface area contributed by atoms with Crippen molar-refractivity contribution in [2.24, 2.45) is 0 Å². The van der Waals surface area contributed by atoms with E-state index in [2.05, 4.69) is 15.0 Å². The van der Waals surface area contributed by atoms with Crippen molar-refractivity contribution < 1.29 is 0 Å². The third-order valence-electron chi connectivity index (χ3n) is 3.28. The van der Waals surface area contributed by atoms with Gasteiger partial charge in [0, 0.05) is 22.8 Å². The van der Waals surface area contributed by atoms with Gasteiger partial charge in [-0.15, -0.1) is 0 Å². The summed E-state index contributed by atoms with van der Waals surface area (Å²) in [5.74, 6) is 0. The van der Waals surface area contributed by atoms with Crippen LogP contribution in [0.5, 0.6) is 0 Å². The molecule has 0 spiro atoms. The first-order valence-corrected chi connectivity index (χ1v) is 7.91. The van der Waals surface area contributed by atoms with Crippen molar-refractivity contribution in [3.8, 4) is 0 Å². The smallest absolute Gasteiger partial charge is 0.269 e. The van der Waals surface area contributed by atoms with Crippen molar-refractivity contribution in [2.75, 3.05) is 10.6 Å². The lowest BCUT2D eigenvalue weighted by molar-refractivity contribution is 1.37. The maximum atomic E-state index is 11.7. The fourth-order valence-electron chi connectivity index (χ4n) is 2.19. The first-order chi connectivity index (χ1) is 11.1. The Hall–Kier alpha value is -2.86. The predicted molar refractivity (Wildman–Crippen MR) is 96.9 cm³/mol. The molecular weight excluding hydrogens is 308 g/mol. The minimum Gasteiger partial charge on any atom is -0.356 e. The number of hydrogen-bond donors (Lipinski definition) is 4. The predicted octanol–water partition coefficient (Wildman–Crippen LogP) is 4.31. The molecule has 6 heteroatoms. The van der Waals surface area contributed by atoms with Crippen molar-refractivity contribution in [3.63, 3.8) is 0 Å². The van der Waals surface area contributed by atoms with Gasteiger partial charge in [0.15, 0.2) is 0 Å². The van der Waals surface area contributed by atoms with Crippen molar-refractivity contribution in [2.45, 2.75) is 6.92 Å². The van der Waals surface area contributed by atoms with Gasteiger partial charge < -0.3 is 16.0 Å². The van der Waals surface area contributed by atoms with Gasteiger partial charge in [-0.05, 0) is 54.9 Å². The minimum atomic E-state index is -0.229. The summed E-state index contributed by atoms with van der Waals surface area (Å²) in [7, 11) is 0. The van der Waals surface area contributed by atoms with E-state index in [-0.39, 0.29) is 11.3 Å². The molecule has 0 fully saturated rings. The molecule has 0 saturated carbocycles. The Kier molecular flexibility index (Phi) is 4.25. The molecule has 2 aromatic carbocycles. The molecule has 0 aliphatic carbocycles. The summed E-state index contributed by atoms with van der Waals surface area (Å²) in [5.41, 5.74) is 3.28. The highest BCUT2D eigenvalue weighted by Crippen LogP contribution is 2.24. The molecule has 0 amide bonds. The third-order valence-corrected chi connectivity index (χ3v) is 4.08. The molecule has 0 aliphatic rings. The highest BCUT2D eigenvalue weighted by atomic mass is 32.1. The van der Waals surface area contributed by atoms with Crippen molar-refractivity contribution in [1.82, 2.24) is 4.37 Å². The maximum Gasteiger partial charge on any atom is 0.269 e. The van der Waals surface area contributed by atoms with Crippen molar-refractivity contribution >= 4 is 39.3 Å². The van der Waals surface area contributed by atoms with Gasteiger partial charge >= 0.3 is 0 Å². The molecule has 116 valence electrons. The second-order valence-electron chi connectivity index (χ2n) is 5.06. The van der Waals surface area contributed by atoms with Crippen LogP contribution < -0.4 is 16.2 Å². The van der Waals surface area contributed by atoms with Crippen LogP contribution in [0.2, 0.25) is 0 Å². The minimum absolute atomic E-state index is 0.229. The van der Waals surface area contributed by atoms with Gasteiger partial charge in [0.25, 0.3) is 5.56 Å². The summed E-state index contributed by atoms with van der Waals surface area (Å²) in [6.45, 7) is 1.61. The lowest BCUT2D eigenvalue weighted by Gasteiger charge is -2.09. The van der Waals surface area contributed by atoms with Crippen LogP contribution in [-0.2, 0) is 0 Å². The summed E-state index contributed by atoms with van der Waals surface area (Å²) < 4.78 is 2.65. The van der Waals surface area contributed by atoms with Crippen LogP contribution in [0.1, 0.15) is 12.5 Å². The number of H-pyrrole nitrogens is 1. The van der Waals surface area contributed by atoms with Crippen LogP contribution in [0.25, 0.3) is 0 Å². The Morgan fingerprint density at radius 3 is 2.13 bits per heavy atom. The van der Waals surface area contributed by atoms with Gasteiger partial charge in [0.2, 0.25) is 0 Å². The normalized spacial score (nSPS) is 10.3. The molecule has 0 radical (unpaired) electrons. The topological polar surface area (TPSA) is 80.8 Å². The number of aromatic amines is 1. The maximum absolute atomic E-state index is 11.7. The number of aromatic nitrogens is 1. The molecule has 1 heterocycles. The second-order valence-corrected chi connectivity index (χ2v) is 5.87. The van der Waals surface area contributed by atoms with E-state index < -0.39 is 0 Å². The number of benzene rings is 2. The molecule has 4 N–H and O–H groups in total. The average Bonchev–Trinajstić information content (AvgIpc) is 2.91. The van der Waals surface area contributed by atoms with Crippen molar-refractivity contribution in [1.29, 1.82) is 5.41 Å². The number of anilines is 4. The summed E-state index contributed by atoms with van der Waals surface area (Å²) in [5, 5.41) is 14.9. The lowest BCUT2D eigenvalue weighted by Crippen LogP contribution is -2.10. The Labute approximate surface area is 137 Å². The molecule has 3 aromatic rings. The molecule has 0 bridgehead atoms. The Bertz CT molecular complexity index is 866. The van der Waals surface area contributed by atoms with Gasteiger partial charge in [-0.1, -0.05) is 18.2 Å². The molecule has 5 nitrogen and oxygen atoms in total. The highest BCUT2D eigenvalue weighted by molar-refractivity contribution is 7.10. The second kappa shape index (κ2) is 6.50. The molecule has 0 saturated heterocycles. The zero-order chi connectivity index (χ0) is 16.2. The fraction of sp³-hybridized carbons (Fsp3) is 0.0588. The SMILES string of the molecule is CC(=N)c1c(Nc2ccc(Nc3ccccc3)cc2)s[nH]c1=O. The standard InChI is InChI=1S/C17H16N4OS/c1-11(18)15-16(22)21-23-17(15)20-14-9-7-13(8-10-14)19-12-5-3-2-4-6-12/h2-10,18-20H,1H3,(H,21,22). The van der Waals surface area contributed by atoms with E-state index in [4.69, 9.17) is 5.41 Å². The number of nitrogens with one attached hydrogen (secondary N) is 4. The fourth-order valence-corrected chi connectivity index (χ4v) is 3.00. The Morgan fingerprint density at radius 1 is 0.957 bits per heavy atom. The van der Waals surface area contributed by atoms with Crippen LogP contribution in [0, 0.1) is 5.41 Å². The van der Waals surface area contributed by atoms with E-state index in [0.29, 0.717) is 10.6 Å². The van der Waals surface area contributed by atoms with Gasteiger partial charge in [-0.25, -0.2) is 0 Å². The highest BCUT2D eigenvalue weighted by Gasteiger charge is 2.12. The molecule has 3 rings (SSSR count). The van der Waals surface area contributed by atoms with E-state index in [1.807, 2.05) is 54.6 Å². The van der Waals surface area contributed by atoms with E-state index in [1.54, 1.807) is 6.92 Å². The van der Waals surface area contributed by atoms with Gasteiger partial charge in [0.05, 0.1) is 5.56 Å². The molecule has 0 atom stereocenters. The Morgan fingerprint density at radius 2 is 1.52 bits per heavy atom. The zero-order valence-corrected chi connectivity index (χ0v) is 13.3. The monoisotopic (exact) mass is 324 g/mol. The molecule has 1 aromatic heterocycles. The molecule has 23 heavy (non-hydrogen) atoms.